The molecule has 0 saturated heterocycles. The number of nitrogens with one attached hydrogen (secondary N) is 1. The minimum atomic E-state index is -0.00624. The van der Waals surface area contributed by atoms with Crippen molar-refractivity contribution in [3.05, 3.63) is 70.5 Å². The molecule has 4 rings (SSSR count). The summed E-state index contributed by atoms with van der Waals surface area (Å²) in [6, 6.07) is 8.36. The summed E-state index contributed by atoms with van der Waals surface area (Å²) >= 11 is 2.12. The maximum atomic E-state index is 11.2. The number of fused-ring (bicyclic) bond motifs is 1. The van der Waals surface area contributed by atoms with Gasteiger partial charge in [0, 0.05) is 28.7 Å². The summed E-state index contributed by atoms with van der Waals surface area (Å²) in [7, 11) is 0. The normalized spacial score (nSPS) is 22.8. The molecular formula is C29H39NOS. The summed E-state index contributed by atoms with van der Waals surface area (Å²) in [6.07, 6.45) is 19.3. The lowest BCUT2D eigenvalue weighted by Crippen LogP contribution is -2.23. The Morgan fingerprint density at radius 3 is 2.47 bits per heavy atom. The van der Waals surface area contributed by atoms with E-state index in [2.05, 4.69) is 86.4 Å². The molecule has 2 nitrogen and oxygen atoms in total. The highest BCUT2D eigenvalue weighted by molar-refractivity contribution is 8.00. The van der Waals surface area contributed by atoms with Gasteiger partial charge in [0.25, 0.3) is 0 Å². The molecule has 0 bridgehead atoms. The van der Waals surface area contributed by atoms with Crippen molar-refractivity contribution in [1.29, 1.82) is 0 Å². The number of benzene rings is 1. The third-order valence-corrected chi connectivity index (χ3v) is 8.38. The van der Waals surface area contributed by atoms with E-state index in [1.807, 2.05) is 0 Å². The number of thioether (sulfide) groups is 1. The summed E-state index contributed by atoms with van der Waals surface area (Å²) in [5.74, 6) is 1.53. The van der Waals surface area contributed by atoms with E-state index in [9.17, 15) is 5.11 Å². The Labute approximate surface area is 199 Å². The van der Waals surface area contributed by atoms with Crippen LogP contribution in [0.4, 0.5) is 5.69 Å². The minimum absolute atomic E-state index is 0.00624. The molecule has 0 aromatic heterocycles. The second-order valence-corrected chi connectivity index (χ2v) is 11.9. The molecule has 3 aliphatic rings. The van der Waals surface area contributed by atoms with Crippen LogP contribution in [0.5, 0.6) is 0 Å². The largest absolute Gasteiger partial charge is 0.512 e. The summed E-state index contributed by atoms with van der Waals surface area (Å²) in [5.41, 5.74) is 6.02. The van der Waals surface area contributed by atoms with E-state index in [1.54, 1.807) is 0 Å². The van der Waals surface area contributed by atoms with E-state index in [1.165, 1.54) is 61.7 Å². The van der Waals surface area contributed by atoms with E-state index in [0.29, 0.717) is 12.2 Å². The highest BCUT2D eigenvalue weighted by Crippen LogP contribution is 2.37. The Kier molecular flexibility index (Phi) is 7.55. The fraction of sp³-hybridized carbons (Fsp3) is 0.517. The molecule has 2 N–H and O–H groups in total. The number of hydrogen-bond acceptors (Lipinski definition) is 3. The van der Waals surface area contributed by atoms with Gasteiger partial charge in [-0.2, -0.15) is 11.8 Å². The Morgan fingerprint density at radius 1 is 1.00 bits per heavy atom. The van der Waals surface area contributed by atoms with Crippen molar-refractivity contribution >= 4 is 23.5 Å². The number of hydrogen-bond donors (Lipinski definition) is 2. The van der Waals surface area contributed by atoms with Gasteiger partial charge in [-0.25, -0.2) is 0 Å². The summed E-state index contributed by atoms with van der Waals surface area (Å²) < 4.78 is 0. The third-order valence-electron chi connectivity index (χ3n) is 6.90. The average molecular weight is 450 g/mol. The van der Waals surface area contributed by atoms with Gasteiger partial charge in [0.05, 0.1) is 6.04 Å². The summed E-state index contributed by atoms with van der Waals surface area (Å²) in [6.45, 7) is 6.82. The SMILES string of the molecule is CC(C)(C)C1=CC(C2C=Cc3ccccc3N2)=C(O)CC(CSC2CCCCCCC2)=C1. The first-order valence-electron chi connectivity index (χ1n) is 12.4. The molecule has 1 aromatic carbocycles. The van der Waals surface area contributed by atoms with Crippen molar-refractivity contribution in [1.82, 2.24) is 0 Å². The van der Waals surface area contributed by atoms with Crippen molar-refractivity contribution in [2.24, 2.45) is 5.41 Å². The van der Waals surface area contributed by atoms with E-state index in [4.69, 9.17) is 0 Å². The third kappa shape index (κ3) is 5.92. The second kappa shape index (κ2) is 10.4. The Hall–Kier alpha value is -1.87. The summed E-state index contributed by atoms with van der Waals surface area (Å²) in [5, 5.41) is 15.6. The van der Waals surface area contributed by atoms with Crippen molar-refractivity contribution in [3.63, 3.8) is 0 Å². The predicted octanol–water partition coefficient (Wildman–Crippen LogP) is 8.45. The number of rotatable bonds is 4. The van der Waals surface area contributed by atoms with Gasteiger partial charge in [0.2, 0.25) is 0 Å². The van der Waals surface area contributed by atoms with E-state index >= 15 is 0 Å². The number of anilines is 1. The van der Waals surface area contributed by atoms with Gasteiger partial charge in [-0.1, -0.05) is 94.9 Å². The van der Waals surface area contributed by atoms with Crippen LogP contribution in [0.3, 0.4) is 0 Å². The minimum Gasteiger partial charge on any atom is -0.512 e. The first-order chi connectivity index (χ1) is 15.4. The van der Waals surface area contributed by atoms with Crippen LogP contribution in [0.2, 0.25) is 0 Å². The Balaban J connectivity index is 1.53. The van der Waals surface area contributed by atoms with E-state index < -0.39 is 0 Å². The van der Waals surface area contributed by atoms with Gasteiger partial charge in [-0.05, 0) is 41.5 Å². The lowest BCUT2D eigenvalue weighted by molar-refractivity contribution is 0.391. The highest BCUT2D eigenvalue weighted by Gasteiger charge is 2.25. The van der Waals surface area contributed by atoms with Crippen molar-refractivity contribution in [2.45, 2.75) is 83.4 Å². The highest BCUT2D eigenvalue weighted by atomic mass is 32.2. The molecule has 0 spiro atoms. The Morgan fingerprint density at radius 2 is 1.72 bits per heavy atom. The van der Waals surface area contributed by atoms with Crippen LogP contribution in [0.1, 0.15) is 77.7 Å². The first kappa shape index (κ1) is 23.3. The van der Waals surface area contributed by atoms with Gasteiger partial charge in [-0.15, -0.1) is 0 Å². The quantitative estimate of drug-likeness (QED) is 0.483. The van der Waals surface area contributed by atoms with Crippen molar-refractivity contribution in [2.75, 3.05) is 11.1 Å². The molecule has 2 aliphatic carbocycles. The van der Waals surface area contributed by atoms with Crippen LogP contribution in [0.15, 0.2) is 65.0 Å². The fourth-order valence-corrected chi connectivity index (χ4v) is 6.16. The maximum Gasteiger partial charge on any atom is 0.102 e. The fourth-order valence-electron chi connectivity index (χ4n) is 4.86. The van der Waals surface area contributed by atoms with Crippen LogP contribution in [0.25, 0.3) is 6.08 Å². The smallest absolute Gasteiger partial charge is 0.102 e. The number of allylic oxidation sites excluding steroid dienone is 3. The molecule has 32 heavy (non-hydrogen) atoms. The van der Waals surface area contributed by atoms with Crippen molar-refractivity contribution < 1.29 is 5.11 Å². The molecule has 3 heteroatoms. The van der Waals surface area contributed by atoms with Gasteiger partial charge in [0.15, 0.2) is 0 Å². The zero-order valence-electron chi connectivity index (χ0n) is 20.0. The van der Waals surface area contributed by atoms with Crippen LogP contribution in [0, 0.1) is 5.41 Å². The first-order valence-corrected chi connectivity index (χ1v) is 13.4. The zero-order chi connectivity index (χ0) is 22.6. The standard InChI is InChI=1S/C29H39NOS/c1-29(2,3)23-17-21(20-32-24-12-7-5-4-6-8-13-24)18-28(31)25(19-23)27-16-15-22-11-9-10-14-26(22)30-27/h9-11,14-17,19,24,27,30-31H,4-8,12-13,18,20H2,1-3H3. The molecule has 1 aliphatic heterocycles. The molecule has 0 amide bonds. The van der Waals surface area contributed by atoms with Gasteiger partial charge >= 0.3 is 0 Å². The monoisotopic (exact) mass is 449 g/mol. The molecular weight excluding hydrogens is 410 g/mol. The maximum absolute atomic E-state index is 11.2. The van der Waals surface area contributed by atoms with E-state index in [0.717, 1.165) is 22.3 Å². The number of aliphatic hydroxyl groups excluding tert-OH is 1. The molecule has 0 radical (unpaired) electrons. The van der Waals surface area contributed by atoms with Gasteiger partial charge < -0.3 is 10.4 Å². The molecule has 172 valence electrons. The van der Waals surface area contributed by atoms with E-state index in [-0.39, 0.29) is 11.5 Å². The molecule has 1 fully saturated rings. The topological polar surface area (TPSA) is 32.3 Å². The van der Waals surface area contributed by atoms with Crippen LogP contribution >= 0.6 is 11.8 Å². The Bertz CT molecular complexity index is 923. The zero-order valence-corrected chi connectivity index (χ0v) is 20.8. The summed E-state index contributed by atoms with van der Waals surface area (Å²) in [4.78, 5) is 0. The predicted molar refractivity (Wildman–Crippen MR) is 141 cm³/mol. The lowest BCUT2D eigenvalue weighted by atomic mass is 9.84. The molecule has 1 atom stereocenters. The van der Waals surface area contributed by atoms with Crippen LogP contribution in [-0.2, 0) is 0 Å². The average Bonchev–Trinajstić information content (AvgIpc) is 2.91. The van der Waals surface area contributed by atoms with Gasteiger partial charge in [-0.3, -0.25) is 0 Å². The van der Waals surface area contributed by atoms with Crippen molar-refractivity contribution in [3.8, 4) is 0 Å². The lowest BCUT2D eigenvalue weighted by Gasteiger charge is -2.26. The van der Waals surface area contributed by atoms with Crippen LogP contribution < -0.4 is 5.32 Å². The molecule has 1 heterocycles. The number of para-hydroxylation sites is 1. The molecule has 1 aromatic rings. The molecule has 1 unspecified atom stereocenters. The van der Waals surface area contributed by atoms with Crippen LogP contribution in [-0.4, -0.2) is 22.2 Å². The van der Waals surface area contributed by atoms with Gasteiger partial charge in [0.1, 0.15) is 5.76 Å². The molecule has 1 saturated carbocycles. The second-order valence-electron chi connectivity index (χ2n) is 10.6. The number of aliphatic hydroxyl groups is 1.